The van der Waals surface area contributed by atoms with Crippen molar-refractivity contribution in [1.82, 2.24) is 0 Å². The first kappa shape index (κ1) is 14.1. The van der Waals surface area contributed by atoms with Gasteiger partial charge in [0, 0.05) is 17.1 Å². The van der Waals surface area contributed by atoms with E-state index in [2.05, 4.69) is 6.07 Å². The third-order valence-electron chi connectivity index (χ3n) is 4.82. The second-order valence-corrected chi connectivity index (χ2v) is 6.09. The lowest BCUT2D eigenvalue weighted by molar-refractivity contribution is -0.153. The van der Waals surface area contributed by atoms with E-state index >= 15 is 0 Å². The van der Waals surface area contributed by atoms with E-state index in [9.17, 15) is 9.59 Å². The summed E-state index contributed by atoms with van der Waals surface area (Å²) in [7, 11) is 0. The minimum Gasteiger partial charge on any atom is -0.458 e. The number of ether oxygens (including phenoxy) is 3. The standard InChI is InChI=1S/C18H16O5/c1-9-10(2)18(23-16(9)19)21-8-14-13-7-11-5-3-4-6-12(11)15(13)22-17(14)20/h3-6,8,13,15,18H,7H2,1-2H3/b14-8+. The second-order valence-electron chi connectivity index (χ2n) is 6.09. The zero-order chi connectivity index (χ0) is 16.1. The van der Waals surface area contributed by atoms with Gasteiger partial charge in [-0.25, -0.2) is 9.59 Å². The van der Waals surface area contributed by atoms with Crippen LogP contribution < -0.4 is 0 Å². The molecule has 4 rings (SSSR count). The SMILES string of the molecule is CC1=C(C)C(O/C=C2/C(=O)OC3c4ccccc4CC23)OC1=O. The first-order valence-electron chi connectivity index (χ1n) is 7.59. The molecule has 5 nitrogen and oxygen atoms in total. The number of cyclic esters (lactones) is 1. The third kappa shape index (κ3) is 2.07. The Morgan fingerprint density at radius 3 is 2.65 bits per heavy atom. The Kier molecular flexibility index (Phi) is 3.04. The van der Waals surface area contributed by atoms with Crippen molar-refractivity contribution in [1.29, 1.82) is 0 Å². The molecule has 0 saturated carbocycles. The number of carbonyl (C=O) groups excluding carboxylic acids is 2. The molecule has 3 unspecified atom stereocenters. The number of rotatable bonds is 2. The summed E-state index contributed by atoms with van der Waals surface area (Å²) >= 11 is 0. The Morgan fingerprint density at radius 1 is 1.13 bits per heavy atom. The van der Waals surface area contributed by atoms with E-state index in [0.29, 0.717) is 11.1 Å². The molecule has 0 aromatic heterocycles. The number of fused-ring (bicyclic) bond motifs is 3. The summed E-state index contributed by atoms with van der Waals surface area (Å²) in [6.45, 7) is 3.48. The lowest BCUT2D eigenvalue weighted by Crippen LogP contribution is -2.14. The Bertz CT molecular complexity index is 773. The summed E-state index contributed by atoms with van der Waals surface area (Å²) in [5, 5.41) is 0. The lowest BCUT2D eigenvalue weighted by Gasteiger charge is -2.12. The maximum absolute atomic E-state index is 12.1. The lowest BCUT2D eigenvalue weighted by atomic mass is 9.98. The molecule has 2 heterocycles. The number of hydrogen-bond acceptors (Lipinski definition) is 5. The number of esters is 2. The van der Waals surface area contributed by atoms with Gasteiger partial charge >= 0.3 is 11.9 Å². The van der Waals surface area contributed by atoms with E-state index in [4.69, 9.17) is 14.2 Å². The van der Waals surface area contributed by atoms with Crippen molar-refractivity contribution in [2.24, 2.45) is 5.92 Å². The van der Waals surface area contributed by atoms with E-state index in [1.807, 2.05) is 18.2 Å². The summed E-state index contributed by atoms with van der Waals surface area (Å²) in [5.74, 6) is -0.786. The van der Waals surface area contributed by atoms with Crippen molar-refractivity contribution in [3.05, 3.63) is 58.4 Å². The molecule has 1 aliphatic carbocycles. The average Bonchev–Trinajstić information content (AvgIpc) is 3.12. The first-order chi connectivity index (χ1) is 11.1. The van der Waals surface area contributed by atoms with Gasteiger partial charge in [0.05, 0.1) is 11.8 Å². The smallest absolute Gasteiger partial charge is 0.338 e. The van der Waals surface area contributed by atoms with Crippen LogP contribution in [0, 0.1) is 5.92 Å². The van der Waals surface area contributed by atoms with Gasteiger partial charge in [0.2, 0.25) is 0 Å². The van der Waals surface area contributed by atoms with Gasteiger partial charge in [-0.1, -0.05) is 24.3 Å². The molecule has 3 aliphatic rings. The predicted molar refractivity (Wildman–Crippen MR) is 79.9 cm³/mol. The van der Waals surface area contributed by atoms with Crippen molar-refractivity contribution in [3.63, 3.8) is 0 Å². The van der Waals surface area contributed by atoms with Crippen LogP contribution in [-0.2, 0) is 30.2 Å². The van der Waals surface area contributed by atoms with Crippen molar-refractivity contribution in [2.75, 3.05) is 0 Å². The molecule has 0 bridgehead atoms. The van der Waals surface area contributed by atoms with E-state index in [0.717, 1.165) is 17.6 Å². The summed E-state index contributed by atoms with van der Waals surface area (Å²) in [6.07, 6.45) is 1.16. The maximum atomic E-state index is 12.1. The van der Waals surface area contributed by atoms with Gasteiger partial charge in [-0.2, -0.15) is 0 Å². The van der Waals surface area contributed by atoms with Crippen LogP contribution in [-0.4, -0.2) is 18.2 Å². The summed E-state index contributed by atoms with van der Waals surface area (Å²) in [5.41, 5.74) is 4.03. The maximum Gasteiger partial charge on any atom is 0.338 e. The molecular weight excluding hydrogens is 296 g/mol. The Hall–Kier alpha value is -2.56. The molecular formula is C18H16O5. The Morgan fingerprint density at radius 2 is 1.91 bits per heavy atom. The molecule has 0 amide bonds. The molecule has 1 saturated heterocycles. The third-order valence-corrected chi connectivity index (χ3v) is 4.82. The highest BCUT2D eigenvalue weighted by Gasteiger charge is 2.46. The quantitative estimate of drug-likeness (QED) is 0.477. The predicted octanol–water partition coefficient (Wildman–Crippen LogP) is 2.58. The molecule has 0 radical (unpaired) electrons. The molecule has 1 aromatic rings. The van der Waals surface area contributed by atoms with Gasteiger partial charge in [0.15, 0.2) is 0 Å². The first-order valence-corrected chi connectivity index (χ1v) is 7.59. The largest absolute Gasteiger partial charge is 0.458 e. The Labute approximate surface area is 133 Å². The van der Waals surface area contributed by atoms with Crippen LogP contribution in [0.25, 0.3) is 0 Å². The number of hydrogen-bond donors (Lipinski definition) is 0. The molecule has 5 heteroatoms. The normalized spacial score (nSPS) is 30.3. The van der Waals surface area contributed by atoms with Gasteiger partial charge in [-0.15, -0.1) is 0 Å². The highest BCUT2D eigenvalue weighted by atomic mass is 16.7. The summed E-state index contributed by atoms with van der Waals surface area (Å²) < 4.78 is 16.2. The average molecular weight is 312 g/mol. The molecule has 3 atom stereocenters. The van der Waals surface area contributed by atoms with Crippen LogP contribution in [0.15, 0.2) is 47.2 Å². The van der Waals surface area contributed by atoms with Crippen molar-refractivity contribution in [3.8, 4) is 0 Å². The number of benzene rings is 1. The molecule has 23 heavy (non-hydrogen) atoms. The molecule has 1 fully saturated rings. The van der Waals surface area contributed by atoms with Gasteiger partial charge in [-0.05, 0) is 31.4 Å². The highest BCUT2D eigenvalue weighted by molar-refractivity contribution is 5.92. The Balaban J connectivity index is 1.57. The summed E-state index contributed by atoms with van der Waals surface area (Å²) in [6, 6.07) is 7.97. The molecule has 118 valence electrons. The monoisotopic (exact) mass is 312 g/mol. The minimum atomic E-state index is -0.759. The van der Waals surface area contributed by atoms with Crippen molar-refractivity contribution >= 4 is 11.9 Å². The van der Waals surface area contributed by atoms with E-state index in [-0.39, 0.29) is 24.0 Å². The fourth-order valence-corrected chi connectivity index (χ4v) is 3.32. The van der Waals surface area contributed by atoms with Crippen LogP contribution in [0.2, 0.25) is 0 Å². The van der Waals surface area contributed by atoms with E-state index in [1.165, 1.54) is 11.8 Å². The zero-order valence-electron chi connectivity index (χ0n) is 12.9. The summed E-state index contributed by atoms with van der Waals surface area (Å²) in [4.78, 5) is 23.6. The minimum absolute atomic E-state index is 0.0395. The van der Waals surface area contributed by atoms with Crippen molar-refractivity contribution in [2.45, 2.75) is 32.7 Å². The van der Waals surface area contributed by atoms with Crippen LogP contribution in [0.5, 0.6) is 0 Å². The number of carbonyl (C=O) groups is 2. The van der Waals surface area contributed by atoms with Gasteiger partial charge in [0.25, 0.3) is 6.29 Å². The van der Waals surface area contributed by atoms with Gasteiger partial charge in [0.1, 0.15) is 6.10 Å². The van der Waals surface area contributed by atoms with E-state index in [1.54, 1.807) is 13.8 Å². The van der Waals surface area contributed by atoms with Gasteiger partial charge in [-0.3, -0.25) is 0 Å². The molecule has 0 N–H and O–H groups in total. The molecule has 1 aromatic carbocycles. The molecule has 2 aliphatic heterocycles. The topological polar surface area (TPSA) is 61.8 Å². The molecule has 0 spiro atoms. The fraction of sp³-hybridized carbons (Fsp3) is 0.333. The van der Waals surface area contributed by atoms with Crippen LogP contribution in [0.3, 0.4) is 0 Å². The van der Waals surface area contributed by atoms with Crippen LogP contribution in [0.4, 0.5) is 0 Å². The van der Waals surface area contributed by atoms with Crippen LogP contribution in [0.1, 0.15) is 31.1 Å². The fourth-order valence-electron chi connectivity index (χ4n) is 3.32. The van der Waals surface area contributed by atoms with Gasteiger partial charge < -0.3 is 14.2 Å². The second kappa shape index (κ2) is 4.98. The van der Waals surface area contributed by atoms with Crippen LogP contribution >= 0.6 is 0 Å². The van der Waals surface area contributed by atoms with E-state index < -0.39 is 6.29 Å². The highest BCUT2D eigenvalue weighted by Crippen LogP contribution is 2.47. The zero-order valence-corrected chi connectivity index (χ0v) is 12.9. The van der Waals surface area contributed by atoms with Crippen molar-refractivity contribution < 1.29 is 23.8 Å².